The first-order valence-electron chi connectivity index (χ1n) is 4.37. The molecule has 0 amide bonds. The van der Waals surface area contributed by atoms with E-state index in [0.29, 0.717) is 0 Å². The second kappa shape index (κ2) is 8.45. The van der Waals surface area contributed by atoms with Gasteiger partial charge in [-0.15, -0.1) is 0 Å². The molecule has 0 atom stereocenters. The fraction of sp³-hybridized carbons (Fsp3) is 0.500. The summed E-state index contributed by atoms with van der Waals surface area (Å²) in [7, 11) is 0. The van der Waals surface area contributed by atoms with E-state index < -0.39 is 0 Å². The highest BCUT2D eigenvalue weighted by Crippen LogP contribution is 2.12. The maximum Gasteiger partial charge on any atom is 0.219 e. The lowest BCUT2D eigenvalue weighted by Crippen LogP contribution is -1.96. The number of carbonyl (C=O) groups excluding carboxylic acids is 1. The van der Waals surface area contributed by atoms with Gasteiger partial charge in [-0.1, -0.05) is 36.9 Å². The van der Waals surface area contributed by atoms with Crippen molar-refractivity contribution in [1.82, 2.24) is 0 Å². The Morgan fingerprint density at radius 2 is 2.23 bits per heavy atom. The molecule has 0 fully saturated rings. The minimum Gasteiger partial charge on any atom is -0.282 e. The van der Waals surface area contributed by atoms with Gasteiger partial charge in [0.2, 0.25) is 5.12 Å². The van der Waals surface area contributed by atoms with Crippen molar-refractivity contribution in [3.8, 4) is 0 Å². The molecule has 0 aromatic heterocycles. The second-order valence-electron chi connectivity index (χ2n) is 2.41. The molecular formula is C10H16OS2. The molecule has 0 N–H and O–H groups in total. The monoisotopic (exact) mass is 216 g/mol. The zero-order chi connectivity index (χ0) is 10.1. The van der Waals surface area contributed by atoms with E-state index >= 15 is 0 Å². The Labute approximate surface area is 90.1 Å². The van der Waals surface area contributed by atoms with Gasteiger partial charge >= 0.3 is 0 Å². The van der Waals surface area contributed by atoms with Crippen molar-refractivity contribution >= 4 is 29.5 Å². The van der Waals surface area contributed by atoms with Crippen LogP contribution in [-0.2, 0) is 4.79 Å². The van der Waals surface area contributed by atoms with E-state index in [0.717, 1.165) is 23.5 Å². The van der Waals surface area contributed by atoms with Gasteiger partial charge < -0.3 is 0 Å². The molecule has 3 heteroatoms. The van der Waals surface area contributed by atoms with Gasteiger partial charge in [0.25, 0.3) is 0 Å². The molecule has 0 bridgehead atoms. The van der Waals surface area contributed by atoms with Crippen LogP contribution in [0.4, 0.5) is 0 Å². The van der Waals surface area contributed by atoms with E-state index in [2.05, 4.69) is 19.6 Å². The lowest BCUT2D eigenvalue weighted by molar-refractivity contribution is -0.107. The molecule has 0 aliphatic carbocycles. The van der Waals surface area contributed by atoms with Crippen LogP contribution < -0.4 is 0 Å². The molecular weight excluding hydrogens is 200 g/mol. The predicted octanol–water partition coefficient (Wildman–Crippen LogP) is 3.09. The highest BCUT2D eigenvalue weighted by Gasteiger charge is 2.04. The third-order valence-corrected chi connectivity index (χ3v) is 2.84. The van der Waals surface area contributed by atoms with Crippen LogP contribution in [0, 0.1) is 0 Å². The Bertz CT molecular complexity index is 207. The standard InChI is InChI=1S/C10H16OS2/c1-3-5-6-9(4-2)10(11)13-8-7-12/h4-6,12H,3,7-8H2,1-2H3/b6-5-,9-4+. The molecule has 0 saturated heterocycles. The predicted molar refractivity (Wildman–Crippen MR) is 64.5 cm³/mol. The van der Waals surface area contributed by atoms with E-state index in [1.807, 2.05) is 25.2 Å². The van der Waals surface area contributed by atoms with Crippen LogP contribution in [0.15, 0.2) is 23.8 Å². The number of hydrogen-bond donors (Lipinski definition) is 1. The molecule has 0 aliphatic heterocycles. The maximum absolute atomic E-state index is 11.4. The Kier molecular flexibility index (Phi) is 8.35. The summed E-state index contributed by atoms with van der Waals surface area (Å²) in [6.45, 7) is 3.93. The third-order valence-electron chi connectivity index (χ3n) is 1.40. The first-order valence-corrected chi connectivity index (χ1v) is 5.98. The van der Waals surface area contributed by atoms with E-state index in [9.17, 15) is 4.79 Å². The molecule has 0 rings (SSSR count). The van der Waals surface area contributed by atoms with Crippen LogP contribution in [0.1, 0.15) is 20.3 Å². The summed E-state index contributed by atoms with van der Waals surface area (Å²) in [5.74, 6) is 1.52. The molecule has 0 unspecified atom stereocenters. The summed E-state index contributed by atoms with van der Waals surface area (Å²) >= 11 is 5.38. The average Bonchev–Trinajstić information content (AvgIpc) is 2.16. The Morgan fingerprint density at radius 3 is 2.69 bits per heavy atom. The number of hydrogen-bond acceptors (Lipinski definition) is 3. The second-order valence-corrected chi connectivity index (χ2v) is 3.93. The normalized spacial score (nSPS) is 12.4. The fourth-order valence-corrected chi connectivity index (χ4v) is 1.65. The van der Waals surface area contributed by atoms with Gasteiger partial charge in [0.05, 0.1) is 0 Å². The van der Waals surface area contributed by atoms with Crippen molar-refractivity contribution in [3.05, 3.63) is 23.8 Å². The van der Waals surface area contributed by atoms with Gasteiger partial charge in [-0.2, -0.15) is 12.6 Å². The average molecular weight is 216 g/mol. The van der Waals surface area contributed by atoms with Crippen LogP contribution in [0.25, 0.3) is 0 Å². The lowest BCUT2D eigenvalue weighted by Gasteiger charge is -1.98. The zero-order valence-corrected chi connectivity index (χ0v) is 9.83. The van der Waals surface area contributed by atoms with Crippen molar-refractivity contribution in [2.24, 2.45) is 0 Å². The minimum atomic E-state index is 0.140. The first kappa shape index (κ1) is 12.8. The van der Waals surface area contributed by atoms with Crippen LogP contribution in [0.3, 0.4) is 0 Å². The largest absolute Gasteiger partial charge is 0.282 e. The summed E-state index contributed by atoms with van der Waals surface area (Å²) in [5.41, 5.74) is 0.786. The van der Waals surface area contributed by atoms with E-state index in [1.54, 1.807) is 0 Å². The quantitative estimate of drug-likeness (QED) is 0.432. The molecule has 0 aromatic rings. The lowest BCUT2D eigenvalue weighted by atomic mass is 10.2. The Hall–Kier alpha value is -0.150. The molecule has 0 aromatic carbocycles. The number of thiol groups is 1. The number of carbonyl (C=O) groups is 1. The van der Waals surface area contributed by atoms with Crippen molar-refractivity contribution in [2.75, 3.05) is 11.5 Å². The van der Waals surface area contributed by atoms with Gasteiger partial charge in [-0.25, -0.2) is 0 Å². The zero-order valence-electron chi connectivity index (χ0n) is 8.12. The number of rotatable bonds is 5. The summed E-state index contributed by atoms with van der Waals surface area (Å²) < 4.78 is 0. The summed E-state index contributed by atoms with van der Waals surface area (Å²) in [4.78, 5) is 11.4. The van der Waals surface area contributed by atoms with E-state index in [1.165, 1.54) is 11.8 Å². The van der Waals surface area contributed by atoms with Crippen molar-refractivity contribution in [2.45, 2.75) is 20.3 Å². The summed E-state index contributed by atoms with van der Waals surface area (Å²) in [5, 5.41) is 0.140. The van der Waals surface area contributed by atoms with Gasteiger partial charge in [-0.3, -0.25) is 4.79 Å². The van der Waals surface area contributed by atoms with Gasteiger partial charge in [0.1, 0.15) is 0 Å². The van der Waals surface area contributed by atoms with Crippen LogP contribution in [0.2, 0.25) is 0 Å². The van der Waals surface area contributed by atoms with Gasteiger partial charge in [-0.05, 0) is 19.1 Å². The molecule has 0 heterocycles. The Morgan fingerprint density at radius 1 is 1.54 bits per heavy atom. The SMILES string of the molecule is C/C=C(\C=C/CC)C(=O)SCCS. The smallest absolute Gasteiger partial charge is 0.219 e. The molecule has 0 spiro atoms. The Balaban J connectivity index is 4.09. The molecule has 0 aliphatic rings. The van der Waals surface area contributed by atoms with Gasteiger partial charge in [0, 0.05) is 11.3 Å². The third kappa shape index (κ3) is 5.99. The minimum absolute atomic E-state index is 0.140. The topological polar surface area (TPSA) is 17.1 Å². The van der Waals surface area contributed by atoms with Crippen LogP contribution in [0.5, 0.6) is 0 Å². The van der Waals surface area contributed by atoms with E-state index in [-0.39, 0.29) is 5.12 Å². The first-order chi connectivity index (χ1) is 6.26. The van der Waals surface area contributed by atoms with E-state index in [4.69, 9.17) is 0 Å². The highest BCUT2D eigenvalue weighted by atomic mass is 32.2. The molecule has 74 valence electrons. The maximum atomic E-state index is 11.4. The van der Waals surface area contributed by atoms with Crippen molar-refractivity contribution in [1.29, 1.82) is 0 Å². The van der Waals surface area contributed by atoms with Crippen LogP contribution in [-0.4, -0.2) is 16.6 Å². The summed E-state index contributed by atoms with van der Waals surface area (Å²) in [6.07, 6.45) is 6.68. The fourth-order valence-electron chi connectivity index (χ4n) is 0.749. The van der Waals surface area contributed by atoms with Crippen molar-refractivity contribution in [3.63, 3.8) is 0 Å². The van der Waals surface area contributed by atoms with Gasteiger partial charge in [0.15, 0.2) is 0 Å². The van der Waals surface area contributed by atoms with Crippen molar-refractivity contribution < 1.29 is 4.79 Å². The molecule has 1 nitrogen and oxygen atoms in total. The molecule has 0 saturated carbocycles. The highest BCUT2D eigenvalue weighted by molar-refractivity contribution is 8.14. The number of thioether (sulfide) groups is 1. The summed E-state index contributed by atoms with van der Waals surface area (Å²) in [6, 6.07) is 0. The molecule has 13 heavy (non-hydrogen) atoms. The molecule has 0 radical (unpaired) electrons. The van der Waals surface area contributed by atoms with Crippen LogP contribution >= 0.6 is 24.4 Å². The number of allylic oxidation sites excluding steroid dienone is 3.